The second-order valence-electron chi connectivity index (χ2n) is 11.9. The van der Waals surface area contributed by atoms with Crippen molar-refractivity contribution in [3.05, 3.63) is 145 Å². The fourth-order valence-corrected chi connectivity index (χ4v) is 5.96. The van der Waals surface area contributed by atoms with E-state index in [4.69, 9.17) is 18.9 Å². The first-order chi connectivity index (χ1) is 23.4. The van der Waals surface area contributed by atoms with E-state index in [1.54, 1.807) is 12.1 Å². The fraction of sp³-hybridized carbons (Fsp3) is 0.143. The Kier molecular flexibility index (Phi) is 8.63. The van der Waals surface area contributed by atoms with Crippen LogP contribution in [0.1, 0.15) is 34.6 Å². The molecule has 48 heavy (non-hydrogen) atoms. The van der Waals surface area contributed by atoms with Crippen molar-refractivity contribution in [1.82, 2.24) is 0 Å². The maximum Gasteiger partial charge on any atom is 0.338 e. The molecule has 0 aliphatic rings. The Morgan fingerprint density at radius 3 is 1.17 bits per heavy atom. The topological polar surface area (TPSA) is 71.1 Å². The van der Waals surface area contributed by atoms with Crippen LogP contribution in [0.4, 0.5) is 0 Å². The number of hydrogen-bond acceptors (Lipinski definition) is 6. The summed E-state index contributed by atoms with van der Waals surface area (Å²) in [5, 5.41) is 7.53. The smallest absolute Gasteiger partial charge is 0.338 e. The van der Waals surface area contributed by atoms with Gasteiger partial charge >= 0.3 is 11.9 Å². The number of fused-ring (bicyclic) bond motifs is 4. The van der Waals surface area contributed by atoms with E-state index in [0.29, 0.717) is 22.6 Å². The minimum atomic E-state index is -0.504. The molecule has 0 spiro atoms. The average molecular weight is 635 g/mol. The van der Waals surface area contributed by atoms with Crippen LogP contribution < -0.4 is 9.47 Å². The van der Waals surface area contributed by atoms with Gasteiger partial charge in [-0.25, -0.2) is 9.59 Å². The van der Waals surface area contributed by atoms with Crippen molar-refractivity contribution in [3.63, 3.8) is 0 Å². The normalized spacial score (nSPS) is 12.5. The van der Waals surface area contributed by atoms with Crippen LogP contribution in [-0.2, 0) is 9.47 Å². The van der Waals surface area contributed by atoms with Crippen LogP contribution in [0.5, 0.6) is 11.5 Å². The van der Waals surface area contributed by atoms with Crippen molar-refractivity contribution in [2.75, 3.05) is 13.2 Å². The zero-order valence-corrected chi connectivity index (χ0v) is 26.7. The Morgan fingerprint density at radius 1 is 0.458 bits per heavy atom. The summed E-state index contributed by atoms with van der Waals surface area (Å²) in [5.74, 6) is 0.562. The Hall–Kier alpha value is -5.88. The van der Waals surface area contributed by atoms with Crippen molar-refractivity contribution in [1.29, 1.82) is 0 Å². The Bertz CT molecular complexity index is 2070. The van der Waals surface area contributed by atoms with Crippen LogP contribution in [0.3, 0.4) is 0 Å². The van der Waals surface area contributed by atoms with Crippen molar-refractivity contribution in [2.45, 2.75) is 26.1 Å². The highest BCUT2D eigenvalue weighted by molar-refractivity contribution is 6.11. The lowest BCUT2D eigenvalue weighted by molar-refractivity contribution is 0.0222. The zero-order valence-electron chi connectivity index (χ0n) is 26.7. The first kappa shape index (κ1) is 30.8. The molecule has 0 aliphatic heterocycles. The van der Waals surface area contributed by atoms with Crippen LogP contribution in [0.15, 0.2) is 133 Å². The molecule has 0 aromatic heterocycles. The van der Waals surface area contributed by atoms with E-state index >= 15 is 0 Å². The van der Waals surface area contributed by atoms with Gasteiger partial charge in [-0.3, -0.25) is 0 Å². The van der Waals surface area contributed by atoms with Crippen molar-refractivity contribution < 1.29 is 28.5 Å². The lowest BCUT2D eigenvalue weighted by Gasteiger charge is -2.21. The predicted octanol–water partition coefficient (Wildman–Crippen LogP) is 9.55. The summed E-state index contributed by atoms with van der Waals surface area (Å²) >= 11 is 0. The van der Waals surface area contributed by atoms with Gasteiger partial charge in [0, 0.05) is 21.5 Å². The summed E-state index contributed by atoms with van der Waals surface area (Å²) in [7, 11) is 0. The molecule has 0 heterocycles. The Labute approximate surface area is 278 Å². The van der Waals surface area contributed by atoms with Gasteiger partial charge in [0.15, 0.2) is 0 Å². The first-order valence-corrected chi connectivity index (χ1v) is 16.0. The van der Waals surface area contributed by atoms with Crippen LogP contribution >= 0.6 is 0 Å². The second kappa shape index (κ2) is 13.5. The summed E-state index contributed by atoms with van der Waals surface area (Å²) in [6.45, 7) is 3.97. The third kappa shape index (κ3) is 6.38. The quantitative estimate of drug-likeness (QED) is 0.110. The fourth-order valence-electron chi connectivity index (χ4n) is 5.96. The maximum atomic E-state index is 13.0. The van der Waals surface area contributed by atoms with E-state index in [2.05, 4.69) is 0 Å². The summed E-state index contributed by atoms with van der Waals surface area (Å²) < 4.78 is 24.4. The van der Waals surface area contributed by atoms with Crippen LogP contribution in [0.2, 0.25) is 0 Å². The molecular weight excluding hydrogens is 600 g/mol. The standard InChI is InChI=1S/C42H34O6/c1-27(47-41(43)33-21-19-29-11-3-5-13-31(29)23-33)25-45-39-35-15-7-9-17-37(35)40(38-18-10-8-16-36(38)39)46-26-28(2)48-42(44)34-22-20-30-12-4-6-14-32(30)24-34/h3-24,27-28H,25-26H2,1-2H3. The molecule has 6 heteroatoms. The summed E-state index contributed by atoms with van der Waals surface area (Å²) in [6.07, 6.45) is -1.01. The molecule has 0 bridgehead atoms. The van der Waals surface area contributed by atoms with Crippen molar-refractivity contribution in [3.8, 4) is 11.5 Å². The Morgan fingerprint density at radius 2 is 0.792 bits per heavy atom. The minimum absolute atomic E-state index is 0.162. The van der Waals surface area contributed by atoms with Crippen LogP contribution in [0, 0.1) is 0 Å². The molecule has 0 fully saturated rings. The maximum absolute atomic E-state index is 13.0. The number of ether oxygens (including phenoxy) is 4. The molecule has 0 radical (unpaired) electrons. The second-order valence-corrected chi connectivity index (χ2v) is 11.9. The van der Waals surface area contributed by atoms with Crippen molar-refractivity contribution in [2.24, 2.45) is 0 Å². The van der Waals surface area contributed by atoms with Crippen LogP contribution in [-0.4, -0.2) is 37.4 Å². The highest BCUT2D eigenvalue weighted by Gasteiger charge is 2.20. The molecule has 0 N–H and O–H groups in total. The third-order valence-electron chi connectivity index (χ3n) is 8.34. The number of rotatable bonds is 10. The number of esters is 2. The number of benzene rings is 7. The van der Waals surface area contributed by atoms with E-state index < -0.39 is 24.1 Å². The molecule has 7 aromatic carbocycles. The van der Waals surface area contributed by atoms with E-state index in [0.717, 1.165) is 43.1 Å². The van der Waals surface area contributed by atoms with Gasteiger partial charge in [-0.05, 0) is 59.7 Å². The summed E-state index contributed by atoms with van der Waals surface area (Å²) in [4.78, 5) is 26.0. The largest absolute Gasteiger partial charge is 0.488 e. The molecule has 238 valence electrons. The Balaban J connectivity index is 1.07. The highest BCUT2D eigenvalue weighted by atomic mass is 16.6. The van der Waals surface area contributed by atoms with E-state index in [9.17, 15) is 9.59 Å². The van der Waals surface area contributed by atoms with Gasteiger partial charge < -0.3 is 18.9 Å². The number of carbonyl (C=O) groups is 2. The minimum Gasteiger partial charge on any atom is -0.488 e. The number of carbonyl (C=O) groups excluding carboxylic acids is 2. The van der Waals surface area contributed by atoms with E-state index in [1.807, 2.05) is 135 Å². The lowest BCUT2D eigenvalue weighted by atomic mass is 10.0. The molecule has 0 amide bonds. The first-order valence-electron chi connectivity index (χ1n) is 16.0. The third-order valence-corrected chi connectivity index (χ3v) is 8.34. The van der Waals surface area contributed by atoms with Gasteiger partial charge in [0.2, 0.25) is 0 Å². The highest BCUT2D eigenvalue weighted by Crippen LogP contribution is 2.43. The molecule has 2 atom stereocenters. The summed E-state index contributed by atoms with van der Waals surface area (Å²) in [6, 6.07) is 42.6. The molecule has 2 unspecified atom stereocenters. The number of hydrogen-bond donors (Lipinski definition) is 0. The van der Waals surface area contributed by atoms with Gasteiger partial charge in [0.1, 0.15) is 36.9 Å². The molecule has 0 saturated carbocycles. The van der Waals surface area contributed by atoms with Gasteiger partial charge in [0.25, 0.3) is 0 Å². The molecule has 0 aliphatic carbocycles. The SMILES string of the molecule is CC(COc1c2ccccc2c(OCC(C)OC(=O)c2ccc3ccccc3c2)c2ccccc12)OC(=O)c1ccc2ccccc2c1. The van der Waals surface area contributed by atoms with Gasteiger partial charge in [-0.1, -0.05) is 109 Å². The molecule has 0 saturated heterocycles. The van der Waals surface area contributed by atoms with E-state index in [1.165, 1.54) is 0 Å². The zero-order chi connectivity index (χ0) is 33.0. The van der Waals surface area contributed by atoms with Gasteiger partial charge in [-0.2, -0.15) is 0 Å². The molecule has 7 rings (SSSR count). The summed E-state index contributed by atoms with van der Waals surface area (Å²) in [5.41, 5.74) is 0.991. The van der Waals surface area contributed by atoms with Crippen LogP contribution in [0.25, 0.3) is 43.1 Å². The molecule has 7 aromatic rings. The van der Waals surface area contributed by atoms with E-state index in [-0.39, 0.29) is 13.2 Å². The lowest BCUT2D eigenvalue weighted by Crippen LogP contribution is -2.22. The molecular formula is C42H34O6. The predicted molar refractivity (Wildman–Crippen MR) is 190 cm³/mol. The van der Waals surface area contributed by atoms with Crippen molar-refractivity contribution >= 4 is 55.0 Å². The average Bonchev–Trinajstić information content (AvgIpc) is 3.12. The molecule has 6 nitrogen and oxygen atoms in total. The van der Waals surface area contributed by atoms with Gasteiger partial charge in [-0.15, -0.1) is 0 Å². The monoisotopic (exact) mass is 634 g/mol. The van der Waals surface area contributed by atoms with Gasteiger partial charge in [0.05, 0.1) is 11.1 Å².